The number of oxime groups is 1. The minimum absolute atomic E-state index is 0.0709. The van der Waals surface area contributed by atoms with Crippen LogP contribution in [0.2, 0.25) is 5.02 Å². The normalized spacial score (nSPS) is 14.0. The van der Waals surface area contributed by atoms with Crippen LogP contribution >= 0.6 is 23.4 Å². The van der Waals surface area contributed by atoms with Crippen LogP contribution < -0.4 is 5.73 Å². The van der Waals surface area contributed by atoms with Gasteiger partial charge in [-0.25, -0.2) is 0 Å². The largest absolute Gasteiger partial charge is 0.409 e. The third-order valence-corrected chi connectivity index (χ3v) is 3.00. The van der Waals surface area contributed by atoms with Gasteiger partial charge in [0.1, 0.15) is 0 Å². The number of nitrogens with zero attached hydrogens (tertiary/aromatic N) is 1. The molecular weight excluding hydrogens is 220 g/mol. The molecular formula is C9H11ClN2OS. The van der Waals surface area contributed by atoms with Crippen LogP contribution in [0, 0.1) is 0 Å². The quantitative estimate of drug-likeness (QED) is 0.276. The maximum absolute atomic E-state index is 8.46. The molecule has 0 spiro atoms. The van der Waals surface area contributed by atoms with Gasteiger partial charge in [0.2, 0.25) is 0 Å². The van der Waals surface area contributed by atoms with Crippen LogP contribution in [0.25, 0.3) is 0 Å². The van der Waals surface area contributed by atoms with Crippen molar-refractivity contribution in [1.82, 2.24) is 0 Å². The van der Waals surface area contributed by atoms with Gasteiger partial charge in [0.05, 0.1) is 5.25 Å². The van der Waals surface area contributed by atoms with Gasteiger partial charge >= 0.3 is 0 Å². The van der Waals surface area contributed by atoms with E-state index in [-0.39, 0.29) is 11.1 Å². The number of hydrogen-bond donors (Lipinski definition) is 2. The Morgan fingerprint density at radius 2 is 2.36 bits per heavy atom. The molecule has 1 unspecified atom stereocenters. The molecule has 1 aromatic rings. The second kappa shape index (κ2) is 5.12. The minimum Gasteiger partial charge on any atom is -0.409 e. The fourth-order valence-corrected chi connectivity index (χ4v) is 2.07. The highest BCUT2D eigenvalue weighted by atomic mass is 35.5. The first-order valence-corrected chi connectivity index (χ1v) is 5.29. The highest BCUT2D eigenvalue weighted by Gasteiger charge is 2.09. The van der Waals surface area contributed by atoms with Gasteiger partial charge in [0.25, 0.3) is 0 Å². The van der Waals surface area contributed by atoms with E-state index in [0.717, 1.165) is 4.90 Å². The first-order chi connectivity index (χ1) is 6.63. The summed E-state index contributed by atoms with van der Waals surface area (Å²) in [4.78, 5) is 0.997. The van der Waals surface area contributed by atoms with Gasteiger partial charge in [-0.2, -0.15) is 0 Å². The summed E-state index contributed by atoms with van der Waals surface area (Å²) in [6, 6.07) is 7.44. The second-order valence-corrected chi connectivity index (χ2v) is 4.59. The Morgan fingerprint density at radius 3 is 2.93 bits per heavy atom. The lowest BCUT2D eigenvalue weighted by atomic mass is 10.4. The van der Waals surface area contributed by atoms with Crippen molar-refractivity contribution >= 4 is 29.2 Å². The first kappa shape index (κ1) is 11.2. The van der Waals surface area contributed by atoms with E-state index < -0.39 is 0 Å². The van der Waals surface area contributed by atoms with Crippen molar-refractivity contribution in [2.45, 2.75) is 17.1 Å². The molecule has 0 aromatic heterocycles. The van der Waals surface area contributed by atoms with Crippen molar-refractivity contribution in [3.8, 4) is 0 Å². The molecule has 0 fully saturated rings. The van der Waals surface area contributed by atoms with Crippen LogP contribution in [0.3, 0.4) is 0 Å². The van der Waals surface area contributed by atoms with Crippen molar-refractivity contribution in [3.05, 3.63) is 29.3 Å². The van der Waals surface area contributed by atoms with E-state index in [9.17, 15) is 0 Å². The molecule has 3 nitrogen and oxygen atoms in total. The van der Waals surface area contributed by atoms with Crippen molar-refractivity contribution in [1.29, 1.82) is 0 Å². The number of thioether (sulfide) groups is 1. The van der Waals surface area contributed by atoms with E-state index in [0.29, 0.717) is 5.02 Å². The lowest BCUT2D eigenvalue weighted by molar-refractivity contribution is 0.317. The maximum atomic E-state index is 8.46. The summed E-state index contributed by atoms with van der Waals surface area (Å²) in [5, 5.41) is 12.0. The standard InChI is InChI=1S/C9H11ClN2OS/c1-6(9(11)12-13)14-8-4-2-3-7(10)5-8/h2-6,13H,1H3,(H2,11,12). The Balaban J connectivity index is 2.69. The van der Waals surface area contributed by atoms with Crippen LogP contribution in [0.5, 0.6) is 0 Å². The average Bonchev–Trinajstić information content (AvgIpc) is 2.16. The number of rotatable bonds is 3. The fourth-order valence-electron chi connectivity index (χ4n) is 0.886. The predicted octanol–water partition coefficient (Wildman–Crippen LogP) is 2.57. The van der Waals surface area contributed by atoms with Gasteiger partial charge < -0.3 is 10.9 Å². The molecule has 5 heteroatoms. The molecule has 0 aliphatic heterocycles. The monoisotopic (exact) mass is 230 g/mol. The van der Waals surface area contributed by atoms with Crippen molar-refractivity contribution in [3.63, 3.8) is 0 Å². The fraction of sp³-hybridized carbons (Fsp3) is 0.222. The minimum atomic E-state index is -0.0709. The van der Waals surface area contributed by atoms with Gasteiger partial charge in [-0.3, -0.25) is 0 Å². The number of nitrogens with two attached hydrogens (primary N) is 1. The summed E-state index contributed by atoms with van der Waals surface area (Å²) < 4.78 is 0. The highest BCUT2D eigenvalue weighted by Crippen LogP contribution is 2.25. The lowest BCUT2D eigenvalue weighted by Crippen LogP contribution is -2.23. The maximum Gasteiger partial charge on any atom is 0.152 e. The Bertz CT molecular complexity index is 343. The zero-order chi connectivity index (χ0) is 10.6. The summed E-state index contributed by atoms with van der Waals surface area (Å²) >= 11 is 7.31. The van der Waals surface area contributed by atoms with Crippen molar-refractivity contribution in [2.75, 3.05) is 0 Å². The van der Waals surface area contributed by atoms with Gasteiger partial charge in [-0.05, 0) is 25.1 Å². The van der Waals surface area contributed by atoms with Gasteiger partial charge in [0, 0.05) is 9.92 Å². The molecule has 76 valence electrons. The highest BCUT2D eigenvalue weighted by molar-refractivity contribution is 8.00. The lowest BCUT2D eigenvalue weighted by Gasteiger charge is -2.08. The third kappa shape index (κ3) is 3.12. The number of halogens is 1. The molecule has 1 atom stereocenters. The molecule has 0 aliphatic carbocycles. The molecule has 0 heterocycles. The summed E-state index contributed by atoms with van der Waals surface area (Å²) in [5.41, 5.74) is 5.45. The van der Waals surface area contributed by atoms with Crippen molar-refractivity contribution < 1.29 is 5.21 Å². The van der Waals surface area contributed by atoms with E-state index >= 15 is 0 Å². The molecule has 0 bridgehead atoms. The molecule has 14 heavy (non-hydrogen) atoms. The van der Waals surface area contributed by atoms with E-state index in [1.807, 2.05) is 25.1 Å². The molecule has 0 saturated carbocycles. The summed E-state index contributed by atoms with van der Waals surface area (Å²) in [6.45, 7) is 1.86. The molecule has 1 rings (SSSR count). The van der Waals surface area contributed by atoms with Crippen LogP contribution in [0.1, 0.15) is 6.92 Å². The molecule has 0 saturated heterocycles. The Morgan fingerprint density at radius 1 is 1.64 bits per heavy atom. The number of hydrogen-bond acceptors (Lipinski definition) is 3. The van der Waals surface area contributed by atoms with E-state index in [2.05, 4.69) is 5.16 Å². The van der Waals surface area contributed by atoms with Crippen molar-refractivity contribution in [2.24, 2.45) is 10.9 Å². The van der Waals surface area contributed by atoms with E-state index in [1.165, 1.54) is 11.8 Å². The van der Waals surface area contributed by atoms with Gasteiger partial charge in [0.15, 0.2) is 5.84 Å². The van der Waals surface area contributed by atoms with Crippen LogP contribution in [0.4, 0.5) is 0 Å². The molecule has 0 amide bonds. The molecule has 3 N–H and O–H groups in total. The number of amidine groups is 1. The topological polar surface area (TPSA) is 58.6 Å². The SMILES string of the molecule is CC(Sc1cccc(Cl)c1)C(N)=NO. The zero-order valence-corrected chi connectivity index (χ0v) is 9.22. The van der Waals surface area contributed by atoms with E-state index in [4.69, 9.17) is 22.5 Å². The van der Waals surface area contributed by atoms with Gasteiger partial charge in [-0.15, -0.1) is 11.8 Å². The summed E-state index contributed by atoms with van der Waals surface area (Å²) in [6.07, 6.45) is 0. The first-order valence-electron chi connectivity index (χ1n) is 4.03. The Kier molecular flexibility index (Phi) is 4.10. The summed E-state index contributed by atoms with van der Waals surface area (Å²) in [7, 11) is 0. The Labute approximate surface area is 91.9 Å². The summed E-state index contributed by atoms with van der Waals surface area (Å²) in [5.74, 6) is 0.204. The second-order valence-electron chi connectivity index (χ2n) is 2.74. The Hall–Kier alpha value is -0.870. The van der Waals surface area contributed by atoms with Crippen LogP contribution in [-0.2, 0) is 0 Å². The van der Waals surface area contributed by atoms with Crippen LogP contribution in [-0.4, -0.2) is 16.3 Å². The molecule has 0 aliphatic rings. The zero-order valence-electron chi connectivity index (χ0n) is 7.64. The predicted molar refractivity (Wildman–Crippen MR) is 60.2 cm³/mol. The smallest absolute Gasteiger partial charge is 0.152 e. The number of benzene rings is 1. The molecule has 1 aromatic carbocycles. The van der Waals surface area contributed by atoms with Gasteiger partial charge in [-0.1, -0.05) is 22.8 Å². The third-order valence-electron chi connectivity index (χ3n) is 1.64. The van der Waals surface area contributed by atoms with Crippen LogP contribution in [0.15, 0.2) is 34.3 Å². The molecule has 0 radical (unpaired) electrons. The average molecular weight is 231 g/mol. The van der Waals surface area contributed by atoms with E-state index in [1.54, 1.807) is 6.07 Å².